The SMILES string of the molecule is CC.CC.CC.CC.CC.O=C(CCCOCCOCCNc1nc(Nc2ccc(O)cc2)nc(Nc2ccc(C(=O)NCc3ccccc3)cc2)n1)c1ccccc1. The molecule has 0 saturated heterocycles. The van der Waals surface area contributed by atoms with Crippen LogP contribution in [0.5, 0.6) is 5.75 Å². The van der Waals surface area contributed by atoms with E-state index < -0.39 is 0 Å². The molecule has 0 aliphatic carbocycles. The van der Waals surface area contributed by atoms with Crippen molar-refractivity contribution in [3.63, 3.8) is 0 Å². The molecule has 5 N–H and O–H groups in total. The third-order valence-corrected chi connectivity index (χ3v) is 7.15. The Morgan fingerprint density at radius 3 is 1.56 bits per heavy atom. The van der Waals surface area contributed by atoms with Crippen LogP contribution in [0.4, 0.5) is 29.2 Å². The fourth-order valence-electron chi connectivity index (χ4n) is 4.62. The van der Waals surface area contributed by atoms with Crippen LogP contribution in [-0.2, 0) is 16.0 Å². The lowest BCUT2D eigenvalue weighted by Crippen LogP contribution is -2.22. The van der Waals surface area contributed by atoms with E-state index in [4.69, 9.17) is 9.47 Å². The van der Waals surface area contributed by atoms with Gasteiger partial charge in [0.1, 0.15) is 5.75 Å². The zero-order valence-corrected chi connectivity index (χ0v) is 37.0. The van der Waals surface area contributed by atoms with Gasteiger partial charge in [-0.05, 0) is 60.5 Å². The van der Waals surface area contributed by atoms with Crippen LogP contribution >= 0.6 is 0 Å². The molecule has 12 nitrogen and oxygen atoms in total. The molecule has 0 spiro atoms. The highest BCUT2D eigenvalue weighted by Gasteiger charge is 2.10. The first-order valence-corrected chi connectivity index (χ1v) is 21.0. The number of phenolic OH excluding ortho intramolecular Hbond substituents is 1. The number of anilines is 5. The van der Waals surface area contributed by atoms with Crippen LogP contribution in [0.15, 0.2) is 109 Å². The summed E-state index contributed by atoms with van der Waals surface area (Å²) in [6.07, 6.45) is 1.10. The zero-order valence-electron chi connectivity index (χ0n) is 37.0. The van der Waals surface area contributed by atoms with Crippen LogP contribution < -0.4 is 21.3 Å². The van der Waals surface area contributed by atoms with Crippen molar-refractivity contribution in [3.8, 4) is 5.75 Å². The number of carbonyl (C=O) groups is 2. The first kappa shape index (κ1) is 53.1. The number of rotatable bonds is 19. The summed E-state index contributed by atoms with van der Waals surface area (Å²) in [6.45, 7) is 22.6. The lowest BCUT2D eigenvalue weighted by atomic mass is 10.1. The number of hydrogen-bond donors (Lipinski definition) is 5. The van der Waals surface area contributed by atoms with E-state index in [1.165, 1.54) is 0 Å². The van der Waals surface area contributed by atoms with E-state index in [9.17, 15) is 14.7 Å². The lowest BCUT2D eigenvalue weighted by Gasteiger charge is -2.12. The summed E-state index contributed by atoms with van der Waals surface area (Å²) in [6, 6.07) is 32.5. The minimum Gasteiger partial charge on any atom is -0.508 e. The summed E-state index contributed by atoms with van der Waals surface area (Å²) < 4.78 is 11.3. The topological polar surface area (TPSA) is 160 Å². The Kier molecular flexibility index (Phi) is 31.8. The molecule has 0 aliphatic rings. The van der Waals surface area contributed by atoms with Gasteiger partial charge in [0.05, 0.1) is 19.8 Å². The van der Waals surface area contributed by atoms with Crippen molar-refractivity contribution in [2.45, 2.75) is 88.6 Å². The number of hydrogen-bond acceptors (Lipinski definition) is 11. The van der Waals surface area contributed by atoms with Gasteiger partial charge in [0, 0.05) is 48.6 Å². The van der Waals surface area contributed by atoms with Crippen LogP contribution in [0.3, 0.4) is 0 Å². The number of nitrogens with one attached hydrogen (secondary N) is 4. The lowest BCUT2D eigenvalue weighted by molar-refractivity contribution is 0.0497. The van der Waals surface area contributed by atoms with E-state index in [2.05, 4.69) is 36.2 Å². The molecule has 12 heteroatoms. The number of Topliss-reactive ketones (excluding diaryl/α,β-unsaturated/α-hetero) is 1. The van der Waals surface area contributed by atoms with Gasteiger partial charge in [0.15, 0.2) is 5.78 Å². The number of benzene rings is 4. The van der Waals surface area contributed by atoms with Crippen LogP contribution in [0.25, 0.3) is 0 Å². The maximum Gasteiger partial charge on any atom is 0.251 e. The molecule has 1 aromatic heterocycles. The molecule has 0 fully saturated rings. The minimum absolute atomic E-state index is 0.113. The first-order chi connectivity index (χ1) is 29.0. The highest BCUT2D eigenvalue weighted by atomic mass is 16.5. The van der Waals surface area contributed by atoms with Gasteiger partial charge < -0.3 is 35.8 Å². The number of aromatic nitrogens is 3. The van der Waals surface area contributed by atoms with Gasteiger partial charge in [-0.1, -0.05) is 130 Å². The molecule has 59 heavy (non-hydrogen) atoms. The number of amides is 1. The standard InChI is InChI=1S/C37H39N7O5.5C2H6/c45-32-19-17-31(18-20-32)41-37-43-35(38-21-23-49-25-24-48-22-7-12-33(46)28-10-5-2-6-11-28)42-36(44-37)40-30-15-13-29(14-16-30)34(47)39-26-27-8-3-1-4-9-27;5*1-2/h1-6,8-11,13-20,45H,7,12,21-26H2,(H,39,47)(H3,38,40,41,42,43,44);5*1-2H3. The minimum atomic E-state index is -0.174. The fourth-order valence-corrected chi connectivity index (χ4v) is 4.62. The molecular formula is C47H69N7O5. The molecule has 4 aromatic carbocycles. The van der Waals surface area contributed by atoms with Crippen molar-refractivity contribution >= 4 is 40.9 Å². The fraction of sp³-hybridized carbons (Fsp3) is 0.383. The summed E-state index contributed by atoms with van der Waals surface area (Å²) in [4.78, 5) is 38.3. The summed E-state index contributed by atoms with van der Waals surface area (Å²) in [5, 5.41) is 22.0. The van der Waals surface area contributed by atoms with Crippen molar-refractivity contribution in [3.05, 3.63) is 126 Å². The highest BCUT2D eigenvalue weighted by Crippen LogP contribution is 2.21. The van der Waals surface area contributed by atoms with Crippen molar-refractivity contribution in [1.82, 2.24) is 20.3 Å². The Morgan fingerprint density at radius 1 is 0.542 bits per heavy atom. The van der Waals surface area contributed by atoms with Gasteiger partial charge in [-0.25, -0.2) is 0 Å². The smallest absolute Gasteiger partial charge is 0.251 e. The second kappa shape index (κ2) is 35.3. The second-order valence-electron chi connectivity index (χ2n) is 10.9. The maximum absolute atomic E-state index is 12.6. The van der Waals surface area contributed by atoms with E-state index >= 15 is 0 Å². The average Bonchev–Trinajstić information content (AvgIpc) is 3.31. The van der Waals surface area contributed by atoms with Gasteiger partial charge in [0.2, 0.25) is 17.8 Å². The Bertz CT molecular complexity index is 1760. The van der Waals surface area contributed by atoms with Crippen molar-refractivity contribution < 1.29 is 24.2 Å². The van der Waals surface area contributed by atoms with Gasteiger partial charge in [-0.2, -0.15) is 15.0 Å². The third-order valence-electron chi connectivity index (χ3n) is 7.15. The molecule has 1 amide bonds. The summed E-state index contributed by atoms with van der Waals surface area (Å²) in [7, 11) is 0. The number of phenols is 1. The van der Waals surface area contributed by atoms with Gasteiger partial charge in [-0.3, -0.25) is 9.59 Å². The number of nitrogens with zero attached hydrogens (tertiary/aromatic N) is 3. The molecule has 0 aliphatic heterocycles. The zero-order chi connectivity index (χ0) is 44.1. The predicted octanol–water partition coefficient (Wildman–Crippen LogP) is 11.2. The Balaban J connectivity index is 0.00000312. The number of aromatic hydroxyl groups is 1. The van der Waals surface area contributed by atoms with Crippen molar-refractivity contribution in [1.29, 1.82) is 0 Å². The largest absolute Gasteiger partial charge is 0.508 e. The van der Waals surface area contributed by atoms with Gasteiger partial charge >= 0.3 is 0 Å². The summed E-state index contributed by atoms with van der Waals surface area (Å²) >= 11 is 0. The molecule has 0 saturated carbocycles. The average molecular weight is 812 g/mol. The Hall–Kier alpha value is -5.85. The maximum atomic E-state index is 12.6. The Morgan fingerprint density at radius 2 is 1.02 bits per heavy atom. The second-order valence-corrected chi connectivity index (χ2v) is 10.9. The van der Waals surface area contributed by atoms with E-state index in [1.807, 2.05) is 130 Å². The molecule has 5 rings (SSSR count). The van der Waals surface area contributed by atoms with Crippen LogP contribution in [0, 0.1) is 0 Å². The third kappa shape index (κ3) is 22.6. The van der Waals surface area contributed by atoms with Gasteiger partial charge in [0.25, 0.3) is 5.91 Å². The molecule has 1 heterocycles. The van der Waals surface area contributed by atoms with Crippen LogP contribution in [0.1, 0.15) is 108 Å². The number of ketones is 1. The van der Waals surface area contributed by atoms with Crippen LogP contribution in [-0.4, -0.2) is 64.7 Å². The molecule has 0 bridgehead atoms. The predicted molar refractivity (Wildman–Crippen MR) is 245 cm³/mol. The van der Waals surface area contributed by atoms with E-state index in [0.717, 1.165) is 11.1 Å². The van der Waals surface area contributed by atoms with Gasteiger partial charge in [-0.15, -0.1) is 0 Å². The van der Waals surface area contributed by atoms with E-state index in [0.29, 0.717) is 75.2 Å². The molecule has 322 valence electrons. The molecule has 0 radical (unpaired) electrons. The summed E-state index contributed by atoms with van der Waals surface area (Å²) in [5.41, 5.74) is 3.63. The molecular weight excluding hydrogens is 743 g/mol. The van der Waals surface area contributed by atoms with Crippen molar-refractivity contribution in [2.24, 2.45) is 0 Å². The molecule has 0 unspecified atom stereocenters. The Labute approximate surface area is 353 Å². The van der Waals surface area contributed by atoms with Crippen LogP contribution in [0.2, 0.25) is 0 Å². The van der Waals surface area contributed by atoms with Crippen molar-refractivity contribution in [2.75, 3.05) is 48.9 Å². The number of ether oxygens (including phenoxy) is 2. The molecule has 5 aromatic rings. The first-order valence-electron chi connectivity index (χ1n) is 21.0. The molecule has 0 atom stereocenters. The monoisotopic (exact) mass is 812 g/mol. The van der Waals surface area contributed by atoms with E-state index in [-0.39, 0.29) is 29.3 Å². The quantitative estimate of drug-likeness (QED) is 0.0307. The highest BCUT2D eigenvalue weighted by molar-refractivity contribution is 5.96. The normalized spacial score (nSPS) is 9.39. The number of carbonyl (C=O) groups excluding carboxylic acids is 2. The van der Waals surface area contributed by atoms with E-state index in [1.54, 1.807) is 48.5 Å². The summed E-state index contributed by atoms with van der Waals surface area (Å²) in [5.74, 6) is 0.960.